The molecule has 0 saturated heterocycles. The number of nitrogens with one attached hydrogen (secondary N) is 2. The van der Waals surface area contributed by atoms with E-state index in [0.717, 1.165) is 50.7 Å². The summed E-state index contributed by atoms with van der Waals surface area (Å²) >= 11 is 0. The molecule has 2 amide bonds. The van der Waals surface area contributed by atoms with Crippen molar-refractivity contribution in [3.8, 4) is 0 Å². The Morgan fingerprint density at radius 2 is 1.48 bits per heavy atom. The van der Waals surface area contributed by atoms with Crippen LogP contribution in [0.3, 0.4) is 0 Å². The number of rotatable bonds is 24. The molecule has 0 bridgehead atoms. The quantitative estimate of drug-likeness (QED) is 0.0561. The highest BCUT2D eigenvalue weighted by molar-refractivity contribution is 8.77. The number of ether oxygens (including phenoxy) is 1. The minimum atomic E-state index is -0.986. The molecule has 1 unspecified atom stereocenters. The van der Waals surface area contributed by atoms with E-state index in [2.05, 4.69) is 92.2 Å². The third kappa shape index (κ3) is 27.6. The van der Waals surface area contributed by atoms with E-state index in [1.165, 1.54) is 0 Å². The minimum Gasteiger partial charge on any atom is -0.450 e. The van der Waals surface area contributed by atoms with Crippen molar-refractivity contribution in [1.82, 2.24) is 10.6 Å². The van der Waals surface area contributed by atoms with Crippen molar-refractivity contribution in [2.24, 2.45) is 0 Å². The summed E-state index contributed by atoms with van der Waals surface area (Å²) in [6.45, 7) is 6.73. The minimum absolute atomic E-state index is 0.0432. The summed E-state index contributed by atoms with van der Waals surface area (Å²) in [6, 6.07) is 0. The first-order valence-corrected chi connectivity index (χ1v) is 16.6. The molecule has 7 nitrogen and oxygen atoms in total. The maximum atomic E-state index is 12.0. The SMILES string of the molecule is CC/C=C\C/C=C\C/C=C\C/C=C\C/C=C\CCCC(=O)NCCSSC(C)(C)CCOC(=O)NCC(O)CO. The fourth-order valence-corrected chi connectivity index (χ4v) is 5.48. The average molecular weight is 597 g/mol. The zero-order valence-electron chi connectivity index (χ0n) is 24.7. The van der Waals surface area contributed by atoms with Gasteiger partial charge in [-0.2, -0.15) is 0 Å². The van der Waals surface area contributed by atoms with Gasteiger partial charge in [0.15, 0.2) is 0 Å². The largest absolute Gasteiger partial charge is 0.450 e. The lowest BCUT2D eigenvalue weighted by Gasteiger charge is -2.23. The highest BCUT2D eigenvalue weighted by Gasteiger charge is 2.20. The molecule has 4 N–H and O–H groups in total. The van der Waals surface area contributed by atoms with Crippen LogP contribution in [-0.2, 0) is 9.53 Å². The lowest BCUT2D eigenvalue weighted by molar-refractivity contribution is -0.121. The maximum absolute atomic E-state index is 12.0. The van der Waals surface area contributed by atoms with Gasteiger partial charge in [-0.15, -0.1) is 0 Å². The van der Waals surface area contributed by atoms with Crippen LogP contribution >= 0.6 is 21.6 Å². The summed E-state index contributed by atoms with van der Waals surface area (Å²) in [5.41, 5.74) is 0. The van der Waals surface area contributed by atoms with E-state index < -0.39 is 18.8 Å². The molecular weight excluding hydrogens is 544 g/mol. The van der Waals surface area contributed by atoms with Crippen LogP contribution in [0.4, 0.5) is 4.79 Å². The van der Waals surface area contributed by atoms with Crippen LogP contribution in [-0.4, -0.2) is 65.1 Å². The molecule has 40 heavy (non-hydrogen) atoms. The van der Waals surface area contributed by atoms with E-state index in [1.807, 2.05) is 0 Å². The number of aliphatic hydroxyl groups is 2. The molecule has 0 radical (unpaired) electrons. The number of allylic oxidation sites excluding steroid dienone is 10. The topological polar surface area (TPSA) is 108 Å². The molecule has 0 aliphatic carbocycles. The van der Waals surface area contributed by atoms with Gasteiger partial charge in [-0.05, 0) is 65.2 Å². The van der Waals surface area contributed by atoms with E-state index in [0.29, 0.717) is 19.4 Å². The number of hydrogen-bond donors (Lipinski definition) is 4. The van der Waals surface area contributed by atoms with E-state index in [-0.39, 0.29) is 23.8 Å². The number of unbranched alkanes of at least 4 members (excludes halogenated alkanes) is 1. The van der Waals surface area contributed by atoms with Crippen LogP contribution in [0.25, 0.3) is 0 Å². The Morgan fingerprint density at radius 1 is 0.900 bits per heavy atom. The third-order valence-corrected chi connectivity index (χ3v) is 8.71. The van der Waals surface area contributed by atoms with Crippen molar-refractivity contribution >= 4 is 33.6 Å². The van der Waals surface area contributed by atoms with E-state index in [4.69, 9.17) is 9.84 Å². The highest BCUT2D eigenvalue weighted by atomic mass is 33.1. The Balaban J connectivity index is 3.69. The van der Waals surface area contributed by atoms with E-state index in [1.54, 1.807) is 21.6 Å². The van der Waals surface area contributed by atoms with Crippen LogP contribution < -0.4 is 10.6 Å². The third-order valence-electron chi connectivity index (χ3n) is 5.35. The van der Waals surface area contributed by atoms with Crippen LogP contribution in [0, 0.1) is 0 Å². The molecule has 0 heterocycles. The van der Waals surface area contributed by atoms with Gasteiger partial charge in [0.1, 0.15) is 0 Å². The van der Waals surface area contributed by atoms with E-state index >= 15 is 0 Å². The zero-order chi connectivity index (χ0) is 29.7. The molecule has 0 rings (SSSR count). The Labute approximate surface area is 250 Å². The van der Waals surface area contributed by atoms with Gasteiger partial charge in [0.2, 0.25) is 5.91 Å². The van der Waals surface area contributed by atoms with Crippen LogP contribution in [0.1, 0.15) is 78.6 Å². The number of hydrogen-bond acceptors (Lipinski definition) is 7. The Hall–Kier alpha value is -1.94. The van der Waals surface area contributed by atoms with Gasteiger partial charge in [0.05, 0.1) is 19.3 Å². The lowest BCUT2D eigenvalue weighted by Crippen LogP contribution is -2.34. The zero-order valence-corrected chi connectivity index (χ0v) is 26.3. The molecule has 0 saturated carbocycles. The van der Waals surface area contributed by atoms with Gasteiger partial charge >= 0.3 is 6.09 Å². The van der Waals surface area contributed by atoms with Gasteiger partial charge in [0.25, 0.3) is 0 Å². The average Bonchev–Trinajstić information content (AvgIpc) is 2.93. The molecular formula is C31H52N2O5S2. The van der Waals surface area contributed by atoms with Crippen molar-refractivity contribution in [2.45, 2.75) is 89.4 Å². The number of carbonyl (C=O) groups is 2. The second kappa shape index (κ2) is 27.2. The summed E-state index contributed by atoms with van der Waals surface area (Å²) in [7, 11) is 3.39. The Kier molecular flexibility index (Phi) is 25.9. The highest BCUT2D eigenvalue weighted by Crippen LogP contribution is 2.37. The smallest absolute Gasteiger partial charge is 0.407 e. The first kappa shape index (κ1) is 38.1. The summed E-state index contributed by atoms with van der Waals surface area (Å²) in [5, 5.41) is 23.3. The monoisotopic (exact) mass is 596 g/mol. The standard InChI is InChI=1S/C31H52N2O5S2/c1-4-5-6-7-8-9-10-11-12-13-14-15-16-17-18-19-20-21-29(36)32-23-25-39-40-31(2,3)22-24-38-30(37)33-26-28(35)27-34/h5-6,8-9,11-12,14-15,17-18,28,34-35H,4,7,10,13,16,19-27H2,1-3H3,(H,32,36)(H,33,37)/b6-5-,9-8-,12-11-,15-14-,18-17-. The van der Waals surface area contributed by atoms with Gasteiger partial charge in [-0.25, -0.2) is 4.79 Å². The maximum Gasteiger partial charge on any atom is 0.407 e. The van der Waals surface area contributed by atoms with Gasteiger partial charge in [-0.3, -0.25) is 4.79 Å². The van der Waals surface area contributed by atoms with Crippen molar-refractivity contribution < 1.29 is 24.5 Å². The second-order valence-corrected chi connectivity index (χ2v) is 12.8. The van der Waals surface area contributed by atoms with Gasteiger partial charge < -0.3 is 25.6 Å². The fourth-order valence-electron chi connectivity index (χ4n) is 3.02. The second-order valence-electron chi connectivity index (χ2n) is 9.72. The number of carbonyl (C=O) groups excluding carboxylic acids is 2. The number of alkyl carbamates (subject to hydrolysis) is 1. The van der Waals surface area contributed by atoms with E-state index in [9.17, 15) is 14.7 Å². The van der Waals surface area contributed by atoms with Crippen molar-refractivity contribution in [3.05, 3.63) is 60.8 Å². The summed E-state index contributed by atoms with van der Waals surface area (Å²) in [5.74, 6) is 0.887. The molecule has 9 heteroatoms. The van der Waals surface area contributed by atoms with Crippen molar-refractivity contribution in [3.63, 3.8) is 0 Å². The molecule has 1 atom stereocenters. The predicted octanol–water partition coefficient (Wildman–Crippen LogP) is 6.65. The molecule has 0 aliphatic rings. The fraction of sp³-hybridized carbons (Fsp3) is 0.613. The Morgan fingerprint density at radius 3 is 2.05 bits per heavy atom. The normalized spacial score (nSPS) is 13.3. The number of aliphatic hydroxyl groups excluding tert-OH is 2. The van der Waals surface area contributed by atoms with Gasteiger partial charge in [0, 0.05) is 30.0 Å². The summed E-state index contributed by atoms with van der Waals surface area (Å²) in [6.07, 6.45) is 28.2. The van der Waals surface area contributed by atoms with Crippen LogP contribution in [0.15, 0.2) is 60.8 Å². The summed E-state index contributed by atoms with van der Waals surface area (Å²) in [4.78, 5) is 23.6. The van der Waals surface area contributed by atoms with Crippen LogP contribution in [0.2, 0.25) is 0 Å². The first-order chi connectivity index (χ1) is 19.3. The number of amides is 2. The summed E-state index contributed by atoms with van der Waals surface area (Å²) < 4.78 is 5.01. The van der Waals surface area contributed by atoms with Crippen molar-refractivity contribution in [1.29, 1.82) is 0 Å². The first-order valence-electron chi connectivity index (χ1n) is 14.3. The lowest BCUT2D eigenvalue weighted by atomic mass is 10.1. The van der Waals surface area contributed by atoms with Gasteiger partial charge in [-0.1, -0.05) is 89.3 Å². The van der Waals surface area contributed by atoms with Crippen LogP contribution in [0.5, 0.6) is 0 Å². The molecule has 0 aromatic rings. The molecule has 0 aromatic carbocycles. The molecule has 228 valence electrons. The Bertz CT molecular complexity index is 795. The molecule has 0 spiro atoms. The molecule has 0 aromatic heterocycles. The predicted molar refractivity (Wildman–Crippen MR) is 173 cm³/mol. The molecule has 0 fully saturated rings. The van der Waals surface area contributed by atoms with Crippen molar-refractivity contribution in [2.75, 3.05) is 32.1 Å². The molecule has 0 aliphatic heterocycles.